The molecule has 0 atom stereocenters. The van der Waals surface area contributed by atoms with Gasteiger partial charge in [-0.3, -0.25) is 0 Å². The second kappa shape index (κ2) is 4.09. The fourth-order valence-corrected chi connectivity index (χ4v) is 2.03. The Balaban J connectivity index is 2.35. The molecule has 1 N–H and O–H groups in total. The van der Waals surface area contributed by atoms with Crippen molar-refractivity contribution in [1.29, 1.82) is 0 Å². The first kappa shape index (κ1) is 10.3. The SMILES string of the molecule is O=C(O)C=Cc1cc(I)c2c(c1)OCO2. The van der Waals surface area contributed by atoms with Crippen LogP contribution in [0.3, 0.4) is 0 Å². The van der Waals surface area contributed by atoms with E-state index in [2.05, 4.69) is 22.6 Å². The van der Waals surface area contributed by atoms with Crippen molar-refractivity contribution >= 4 is 34.6 Å². The van der Waals surface area contributed by atoms with Gasteiger partial charge in [0.1, 0.15) is 0 Å². The molecule has 0 spiro atoms. The maximum absolute atomic E-state index is 10.3. The van der Waals surface area contributed by atoms with E-state index in [4.69, 9.17) is 14.6 Å². The third-order valence-electron chi connectivity index (χ3n) is 1.87. The molecule has 0 saturated carbocycles. The summed E-state index contributed by atoms with van der Waals surface area (Å²) < 4.78 is 11.4. The van der Waals surface area contributed by atoms with Gasteiger partial charge in [-0.15, -0.1) is 0 Å². The number of carboxylic acids is 1. The number of fused-ring (bicyclic) bond motifs is 1. The molecule has 0 radical (unpaired) electrons. The summed E-state index contributed by atoms with van der Waals surface area (Å²) in [5.74, 6) is 0.415. The number of halogens is 1. The Bertz CT molecular complexity index is 439. The van der Waals surface area contributed by atoms with E-state index in [1.807, 2.05) is 6.07 Å². The van der Waals surface area contributed by atoms with Crippen molar-refractivity contribution in [3.63, 3.8) is 0 Å². The van der Waals surface area contributed by atoms with Crippen LogP contribution in [0.1, 0.15) is 5.56 Å². The van der Waals surface area contributed by atoms with E-state index in [1.54, 1.807) is 6.07 Å². The maximum Gasteiger partial charge on any atom is 0.328 e. The van der Waals surface area contributed by atoms with Crippen molar-refractivity contribution < 1.29 is 19.4 Å². The van der Waals surface area contributed by atoms with Gasteiger partial charge < -0.3 is 14.6 Å². The van der Waals surface area contributed by atoms with Crippen LogP contribution < -0.4 is 9.47 Å². The molecule has 0 bridgehead atoms. The third-order valence-corrected chi connectivity index (χ3v) is 2.67. The lowest BCUT2D eigenvalue weighted by atomic mass is 10.2. The second-order valence-corrected chi connectivity index (χ2v) is 4.07. The summed E-state index contributed by atoms with van der Waals surface area (Å²) in [5, 5.41) is 8.49. The molecule has 1 aromatic carbocycles. The smallest absolute Gasteiger partial charge is 0.328 e. The molecule has 1 aliphatic heterocycles. The first-order valence-corrected chi connectivity index (χ1v) is 5.25. The summed E-state index contributed by atoms with van der Waals surface area (Å²) in [6, 6.07) is 3.59. The monoisotopic (exact) mass is 318 g/mol. The molecule has 5 heteroatoms. The highest BCUT2D eigenvalue weighted by Crippen LogP contribution is 2.37. The Labute approximate surface area is 99.6 Å². The number of carbonyl (C=O) groups is 1. The van der Waals surface area contributed by atoms with E-state index < -0.39 is 5.97 Å². The Morgan fingerprint density at radius 1 is 1.47 bits per heavy atom. The molecule has 1 heterocycles. The summed E-state index contributed by atoms with van der Waals surface area (Å²) in [4.78, 5) is 10.3. The first-order valence-electron chi connectivity index (χ1n) is 4.17. The van der Waals surface area contributed by atoms with E-state index in [0.29, 0.717) is 5.75 Å². The predicted octanol–water partition coefficient (Wildman–Crippen LogP) is 2.12. The lowest BCUT2D eigenvalue weighted by Crippen LogP contribution is -1.93. The van der Waals surface area contributed by atoms with Crippen molar-refractivity contribution in [2.75, 3.05) is 6.79 Å². The van der Waals surface area contributed by atoms with Crippen LogP contribution in [0.25, 0.3) is 6.08 Å². The molecule has 0 amide bonds. The molecular weight excluding hydrogens is 311 g/mol. The highest BCUT2D eigenvalue weighted by atomic mass is 127. The van der Waals surface area contributed by atoms with Gasteiger partial charge >= 0.3 is 5.97 Å². The minimum Gasteiger partial charge on any atom is -0.478 e. The number of ether oxygens (including phenoxy) is 2. The van der Waals surface area contributed by atoms with Gasteiger partial charge in [0.2, 0.25) is 6.79 Å². The van der Waals surface area contributed by atoms with Gasteiger partial charge in [-0.25, -0.2) is 4.79 Å². The number of benzene rings is 1. The van der Waals surface area contributed by atoms with Crippen LogP contribution in [0, 0.1) is 3.57 Å². The number of hydrogen-bond acceptors (Lipinski definition) is 3. The summed E-state index contributed by atoms with van der Waals surface area (Å²) in [7, 11) is 0. The van der Waals surface area contributed by atoms with Crippen LogP contribution in [-0.4, -0.2) is 17.9 Å². The van der Waals surface area contributed by atoms with Gasteiger partial charge in [-0.1, -0.05) is 0 Å². The minimum atomic E-state index is -0.970. The molecular formula is C10H7IO4. The average Bonchev–Trinajstić information content (AvgIpc) is 2.63. The molecule has 0 unspecified atom stereocenters. The van der Waals surface area contributed by atoms with E-state index in [-0.39, 0.29) is 6.79 Å². The number of carboxylic acid groups (broad SMARTS) is 1. The highest BCUT2D eigenvalue weighted by molar-refractivity contribution is 14.1. The van der Waals surface area contributed by atoms with E-state index in [0.717, 1.165) is 21.0 Å². The molecule has 15 heavy (non-hydrogen) atoms. The topological polar surface area (TPSA) is 55.8 Å². The van der Waals surface area contributed by atoms with Gasteiger partial charge in [0.05, 0.1) is 3.57 Å². The van der Waals surface area contributed by atoms with Crippen molar-refractivity contribution in [1.82, 2.24) is 0 Å². The Hall–Kier alpha value is -1.24. The Morgan fingerprint density at radius 2 is 2.27 bits per heavy atom. The molecule has 78 valence electrons. The molecule has 2 rings (SSSR count). The van der Waals surface area contributed by atoms with Crippen LogP contribution in [0.15, 0.2) is 18.2 Å². The van der Waals surface area contributed by atoms with Crippen LogP contribution in [0.2, 0.25) is 0 Å². The van der Waals surface area contributed by atoms with Crippen molar-refractivity contribution in [3.8, 4) is 11.5 Å². The molecule has 4 nitrogen and oxygen atoms in total. The largest absolute Gasteiger partial charge is 0.478 e. The predicted molar refractivity (Wildman–Crippen MR) is 62.0 cm³/mol. The summed E-state index contributed by atoms with van der Waals surface area (Å²) in [6.07, 6.45) is 2.61. The van der Waals surface area contributed by atoms with Gasteiger partial charge in [0, 0.05) is 6.08 Å². The summed E-state index contributed by atoms with van der Waals surface area (Å²) in [6.45, 7) is 0.220. The van der Waals surface area contributed by atoms with Crippen LogP contribution in [0.4, 0.5) is 0 Å². The van der Waals surface area contributed by atoms with Crippen LogP contribution >= 0.6 is 22.6 Å². The Morgan fingerprint density at radius 3 is 3.00 bits per heavy atom. The zero-order chi connectivity index (χ0) is 10.8. The second-order valence-electron chi connectivity index (χ2n) is 2.91. The Kier molecular flexibility index (Phi) is 2.81. The third kappa shape index (κ3) is 2.23. The summed E-state index contributed by atoms with van der Waals surface area (Å²) >= 11 is 2.12. The van der Waals surface area contributed by atoms with Crippen molar-refractivity contribution in [2.24, 2.45) is 0 Å². The summed E-state index contributed by atoms with van der Waals surface area (Å²) in [5.41, 5.74) is 0.783. The highest BCUT2D eigenvalue weighted by Gasteiger charge is 2.17. The lowest BCUT2D eigenvalue weighted by Gasteiger charge is -2.00. The zero-order valence-electron chi connectivity index (χ0n) is 7.57. The standard InChI is InChI=1S/C10H7IO4/c11-7-3-6(1-2-9(12)13)4-8-10(7)15-5-14-8/h1-4H,5H2,(H,12,13). The number of hydrogen-bond donors (Lipinski definition) is 1. The van der Waals surface area contributed by atoms with Gasteiger partial charge in [-0.2, -0.15) is 0 Å². The van der Waals surface area contributed by atoms with Gasteiger partial charge in [-0.05, 0) is 46.4 Å². The average molecular weight is 318 g/mol. The van der Waals surface area contributed by atoms with Gasteiger partial charge in [0.25, 0.3) is 0 Å². The molecule has 0 aromatic heterocycles. The van der Waals surface area contributed by atoms with Crippen LogP contribution in [0.5, 0.6) is 11.5 Å². The number of aliphatic carboxylic acids is 1. The molecule has 1 aliphatic rings. The van der Waals surface area contributed by atoms with Gasteiger partial charge in [0.15, 0.2) is 11.5 Å². The lowest BCUT2D eigenvalue weighted by molar-refractivity contribution is -0.131. The quantitative estimate of drug-likeness (QED) is 0.670. The normalized spacial score (nSPS) is 13.4. The van der Waals surface area contributed by atoms with E-state index in [9.17, 15) is 4.79 Å². The van der Waals surface area contributed by atoms with Crippen molar-refractivity contribution in [3.05, 3.63) is 27.3 Å². The molecule has 0 fully saturated rings. The molecule has 1 aromatic rings. The van der Waals surface area contributed by atoms with E-state index >= 15 is 0 Å². The zero-order valence-corrected chi connectivity index (χ0v) is 9.72. The fourth-order valence-electron chi connectivity index (χ4n) is 1.25. The minimum absolute atomic E-state index is 0.220. The van der Waals surface area contributed by atoms with Crippen molar-refractivity contribution in [2.45, 2.75) is 0 Å². The van der Waals surface area contributed by atoms with Crippen LogP contribution in [-0.2, 0) is 4.79 Å². The molecule has 0 aliphatic carbocycles. The fraction of sp³-hybridized carbons (Fsp3) is 0.100. The maximum atomic E-state index is 10.3. The van der Waals surface area contributed by atoms with E-state index in [1.165, 1.54) is 6.08 Å². The number of rotatable bonds is 2. The molecule has 0 saturated heterocycles. The first-order chi connectivity index (χ1) is 7.16.